The first kappa shape index (κ1) is 20.4. The van der Waals surface area contributed by atoms with Crippen LogP contribution in [0.2, 0.25) is 5.02 Å². The molecule has 1 unspecified atom stereocenters. The van der Waals surface area contributed by atoms with Crippen LogP contribution in [0.5, 0.6) is 0 Å². The molecule has 0 bridgehead atoms. The molecule has 0 amide bonds. The highest BCUT2D eigenvalue weighted by Gasteiger charge is 2.24. The average Bonchev–Trinajstić information content (AvgIpc) is 2.69. The molecule has 0 radical (unpaired) electrons. The van der Waals surface area contributed by atoms with Crippen molar-refractivity contribution in [2.24, 2.45) is 0 Å². The van der Waals surface area contributed by atoms with Crippen LogP contribution in [0.25, 0.3) is 16.6 Å². The van der Waals surface area contributed by atoms with Crippen LogP contribution in [0, 0.1) is 0 Å². The smallest absolute Gasteiger partial charge is 0.351 e. The summed E-state index contributed by atoms with van der Waals surface area (Å²) in [6, 6.07) is 12.1. The van der Waals surface area contributed by atoms with E-state index < -0.39 is 0 Å². The first-order valence-electron chi connectivity index (χ1n) is 9.87. The van der Waals surface area contributed by atoms with Gasteiger partial charge < -0.3 is 10.2 Å². The highest BCUT2D eigenvalue weighted by molar-refractivity contribution is 9.10. The lowest BCUT2D eigenvalue weighted by atomic mass is 10.0. The Kier molecular flexibility index (Phi) is 5.69. The molecular formula is C22H24BrClN4O. The van der Waals surface area contributed by atoms with Crippen LogP contribution in [0.1, 0.15) is 32.3 Å². The standard InChI is InChI=1S/C22H24BrClN4O/c1-13(2)15-6-4-5-7-19(15)28-20-11-17(23)18(24)10-16(20)21(26-22(28)29)27-9-8-25-12-14(27)3/h4-7,10-11,13-14,25H,8-9,12H2,1-3H3. The fraction of sp³-hybridized carbons (Fsp3) is 0.364. The Labute approximate surface area is 183 Å². The van der Waals surface area contributed by atoms with E-state index in [1.807, 2.05) is 30.3 Å². The second-order valence-corrected chi connectivity index (χ2v) is 9.06. The number of halogens is 2. The van der Waals surface area contributed by atoms with E-state index in [0.29, 0.717) is 10.8 Å². The van der Waals surface area contributed by atoms with Crippen LogP contribution in [-0.2, 0) is 0 Å². The zero-order valence-corrected chi connectivity index (χ0v) is 19.1. The van der Waals surface area contributed by atoms with E-state index in [4.69, 9.17) is 11.6 Å². The second-order valence-electron chi connectivity index (χ2n) is 7.80. The molecule has 1 N–H and O–H groups in total. The Bertz CT molecular complexity index is 1130. The summed E-state index contributed by atoms with van der Waals surface area (Å²) in [5, 5.41) is 4.87. The summed E-state index contributed by atoms with van der Waals surface area (Å²) in [5.74, 6) is 0.975. The molecule has 3 aromatic rings. The molecule has 7 heteroatoms. The lowest BCUT2D eigenvalue weighted by molar-refractivity contribution is 0.497. The molecule has 1 aliphatic rings. The number of aromatic nitrogens is 2. The predicted molar refractivity (Wildman–Crippen MR) is 124 cm³/mol. The monoisotopic (exact) mass is 474 g/mol. The second kappa shape index (κ2) is 8.09. The molecule has 5 nitrogen and oxygen atoms in total. The van der Waals surface area contributed by atoms with Crippen molar-refractivity contribution in [3.8, 4) is 5.69 Å². The molecule has 4 rings (SSSR count). The van der Waals surface area contributed by atoms with Gasteiger partial charge in [0, 0.05) is 35.5 Å². The normalized spacial score (nSPS) is 17.3. The Morgan fingerprint density at radius 1 is 1.28 bits per heavy atom. The van der Waals surface area contributed by atoms with Crippen LogP contribution < -0.4 is 15.9 Å². The Balaban J connectivity index is 2.06. The number of benzene rings is 2. The van der Waals surface area contributed by atoms with Gasteiger partial charge in [0.25, 0.3) is 0 Å². The summed E-state index contributed by atoms with van der Waals surface area (Å²) in [6.45, 7) is 8.90. The molecule has 152 valence electrons. The van der Waals surface area contributed by atoms with Crippen molar-refractivity contribution in [1.29, 1.82) is 0 Å². The molecular weight excluding hydrogens is 452 g/mol. The number of fused-ring (bicyclic) bond motifs is 1. The summed E-state index contributed by atoms with van der Waals surface area (Å²) in [5.41, 5.74) is 2.49. The number of hydrogen-bond acceptors (Lipinski definition) is 4. The van der Waals surface area contributed by atoms with Crippen molar-refractivity contribution in [3.05, 3.63) is 61.9 Å². The molecule has 0 saturated carbocycles. The Morgan fingerprint density at radius 2 is 2.03 bits per heavy atom. The number of anilines is 1. The van der Waals surface area contributed by atoms with E-state index in [-0.39, 0.29) is 17.6 Å². The van der Waals surface area contributed by atoms with Gasteiger partial charge in [-0.2, -0.15) is 4.98 Å². The fourth-order valence-electron chi connectivity index (χ4n) is 3.99. The minimum atomic E-state index is -0.277. The van der Waals surface area contributed by atoms with Crippen LogP contribution in [0.4, 0.5) is 5.82 Å². The van der Waals surface area contributed by atoms with Crippen LogP contribution in [0.3, 0.4) is 0 Å². The number of piperazine rings is 1. The quantitative estimate of drug-likeness (QED) is 0.595. The van der Waals surface area contributed by atoms with Crippen molar-refractivity contribution < 1.29 is 0 Å². The van der Waals surface area contributed by atoms with Crippen LogP contribution >= 0.6 is 27.5 Å². The largest absolute Gasteiger partial charge is 0.354 e. The van der Waals surface area contributed by atoms with Crippen LogP contribution in [-0.4, -0.2) is 35.2 Å². The lowest BCUT2D eigenvalue weighted by Crippen LogP contribution is -2.50. The van der Waals surface area contributed by atoms with E-state index in [9.17, 15) is 4.79 Å². The first-order chi connectivity index (χ1) is 13.9. The van der Waals surface area contributed by atoms with Gasteiger partial charge >= 0.3 is 5.69 Å². The Morgan fingerprint density at radius 3 is 2.76 bits per heavy atom. The van der Waals surface area contributed by atoms with Gasteiger partial charge in [0.15, 0.2) is 0 Å². The molecule has 1 aromatic heterocycles. The van der Waals surface area contributed by atoms with E-state index in [1.54, 1.807) is 4.57 Å². The van der Waals surface area contributed by atoms with Crippen molar-refractivity contribution >= 4 is 44.3 Å². The van der Waals surface area contributed by atoms with Crippen molar-refractivity contribution in [2.75, 3.05) is 24.5 Å². The van der Waals surface area contributed by atoms with Gasteiger partial charge in [0.2, 0.25) is 0 Å². The minimum Gasteiger partial charge on any atom is -0.351 e. The van der Waals surface area contributed by atoms with Gasteiger partial charge in [0.1, 0.15) is 5.82 Å². The van der Waals surface area contributed by atoms with Crippen molar-refractivity contribution in [1.82, 2.24) is 14.9 Å². The predicted octanol–water partition coefficient (Wildman–Crippen LogP) is 4.72. The Hall–Kier alpha value is -1.89. The number of para-hydroxylation sites is 1. The number of nitrogens with zero attached hydrogens (tertiary/aromatic N) is 3. The molecule has 0 aliphatic carbocycles. The number of rotatable bonds is 3. The molecule has 29 heavy (non-hydrogen) atoms. The fourth-order valence-corrected chi connectivity index (χ4v) is 4.49. The molecule has 2 heterocycles. The first-order valence-corrected chi connectivity index (χ1v) is 11.0. The molecule has 1 fully saturated rings. The van der Waals surface area contributed by atoms with Gasteiger partial charge in [0.05, 0.1) is 16.2 Å². The topological polar surface area (TPSA) is 50.2 Å². The summed E-state index contributed by atoms with van der Waals surface area (Å²) in [7, 11) is 0. The van der Waals surface area contributed by atoms with Gasteiger partial charge in [-0.25, -0.2) is 4.79 Å². The van der Waals surface area contributed by atoms with Crippen molar-refractivity contribution in [3.63, 3.8) is 0 Å². The number of hydrogen-bond donors (Lipinski definition) is 1. The van der Waals surface area contributed by atoms with Gasteiger partial charge in [-0.15, -0.1) is 0 Å². The molecule has 0 spiro atoms. The minimum absolute atomic E-state index is 0.236. The summed E-state index contributed by atoms with van der Waals surface area (Å²) < 4.78 is 2.47. The molecule has 1 atom stereocenters. The highest BCUT2D eigenvalue weighted by atomic mass is 79.9. The zero-order chi connectivity index (χ0) is 20.7. The number of nitrogens with one attached hydrogen (secondary N) is 1. The van der Waals surface area contributed by atoms with Crippen LogP contribution in [0.15, 0.2) is 45.7 Å². The van der Waals surface area contributed by atoms with Gasteiger partial charge in [-0.05, 0) is 52.5 Å². The summed E-state index contributed by atoms with van der Waals surface area (Å²) in [6.07, 6.45) is 0. The summed E-state index contributed by atoms with van der Waals surface area (Å²) in [4.78, 5) is 20.1. The van der Waals surface area contributed by atoms with Gasteiger partial charge in [-0.1, -0.05) is 43.6 Å². The highest BCUT2D eigenvalue weighted by Crippen LogP contribution is 2.34. The molecule has 1 aliphatic heterocycles. The summed E-state index contributed by atoms with van der Waals surface area (Å²) >= 11 is 10.00. The molecule has 2 aromatic carbocycles. The van der Waals surface area contributed by atoms with E-state index in [1.165, 1.54) is 0 Å². The van der Waals surface area contributed by atoms with E-state index >= 15 is 0 Å². The van der Waals surface area contributed by atoms with E-state index in [0.717, 1.165) is 46.3 Å². The average molecular weight is 476 g/mol. The zero-order valence-electron chi connectivity index (χ0n) is 16.7. The SMILES string of the molecule is CC(C)c1ccccc1-n1c(=O)nc(N2CCNCC2C)c2cc(Cl)c(Br)cc21. The third kappa shape index (κ3) is 3.69. The maximum Gasteiger partial charge on any atom is 0.354 e. The maximum atomic E-state index is 13.3. The molecule has 1 saturated heterocycles. The van der Waals surface area contributed by atoms with Gasteiger partial charge in [-0.3, -0.25) is 4.57 Å². The van der Waals surface area contributed by atoms with E-state index in [2.05, 4.69) is 58.0 Å². The third-order valence-electron chi connectivity index (χ3n) is 5.49. The lowest BCUT2D eigenvalue weighted by Gasteiger charge is -2.35. The van der Waals surface area contributed by atoms with Crippen molar-refractivity contribution in [2.45, 2.75) is 32.7 Å². The maximum absolute atomic E-state index is 13.3. The third-order valence-corrected chi connectivity index (χ3v) is 6.68.